The molecule has 1 heterocycles. The summed E-state index contributed by atoms with van der Waals surface area (Å²) in [5, 5.41) is 6.34. The van der Waals surface area contributed by atoms with Crippen molar-refractivity contribution in [3.05, 3.63) is 53.1 Å². The number of nitrogens with zero attached hydrogens (tertiary/aromatic N) is 1. The van der Waals surface area contributed by atoms with Crippen LogP contribution in [0.2, 0.25) is 5.02 Å². The molecule has 2 N–H and O–H groups in total. The quantitative estimate of drug-likeness (QED) is 0.545. The molecule has 1 aliphatic heterocycles. The number of ether oxygens (including phenoxy) is 2. The van der Waals surface area contributed by atoms with Crippen molar-refractivity contribution in [2.45, 2.75) is 19.3 Å². The van der Waals surface area contributed by atoms with Gasteiger partial charge in [-0.25, -0.2) is 0 Å². The van der Waals surface area contributed by atoms with Crippen LogP contribution in [0, 0.1) is 0 Å². The van der Waals surface area contributed by atoms with Crippen LogP contribution in [-0.4, -0.2) is 51.8 Å². The van der Waals surface area contributed by atoms with Crippen molar-refractivity contribution in [1.82, 2.24) is 5.32 Å². The van der Waals surface area contributed by atoms with E-state index in [-0.39, 0.29) is 18.4 Å². The molecule has 3 rings (SSSR count). The lowest BCUT2D eigenvalue weighted by atomic mass is 10.1. The van der Waals surface area contributed by atoms with Gasteiger partial charge in [-0.2, -0.15) is 0 Å². The fraction of sp³-hybridized carbons (Fsp3) is 0.391. The van der Waals surface area contributed by atoms with Gasteiger partial charge in [-0.05, 0) is 61.7 Å². The molecular formula is C23H28ClN3O4. The summed E-state index contributed by atoms with van der Waals surface area (Å²) in [6.07, 6.45) is 2.95. The largest absolute Gasteiger partial charge is 0.484 e. The second-order valence-corrected chi connectivity index (χ2v) is 7.76. The minimum Gasteiger partial charge on any atom is -0.484 e. The number of benzene rings is 2. The van der Waals surface area contributed by atoms with Crippen LogP contribution in [0.15, 0.2) is 42.5 Å². The van der Waals surface area contributed by atoms with Crippen LogP contribution in [0.4, 0.5) is 11.4 Å². The van der Waals surface area contributed by atoms with Gasteiger partial charge in [0.1, 0.15) is 5.75 Å². The molecule has 0 aromatic heterocycles. The van der Waals surface area contributed by atoms with Gasteiger partial charge in [-0.3, -0.25) is 9.59 Å². The molecule has 0 atom stereocenters. The number of anilines is 2. The Hall–Kier alpha value is -2.77. The highest BCUT2D eigenvalue weighted by molar-refractivity contribution is 6.30. The van der Waals surface area contributed by atoms with Crippen LogP contribution in [0.1, 0.15) is 29.6 Å². The van der Waals surface area contributed by atoms with E-state index in [1.807, 2.05) is 12.1 Å². The fourth-order valence-electron chi connectivity index (χ4n) is 3.42. The summed E-state index contributed by atoms with van der Waals surface area (Å²) >= 11 is 5.85. The Labute approximate surface area is 187 Å². The molecule has 31 heavy (non-hydrogen) atoms. The Kier molecular flexibility index (Phi) is 8.55. The molecule has 1 fully saturated rings. The Morgan fingerprint density at radius 3 is 2.55 bits per heavy atom. The Morgan fingerprint density at radius 2 is 1.84 bits per heavy atom. The van der Waals surface area contributed by atoms with Gasteiger partial charge in [-0.1, -0.05) is 11.6 Å². The molecule has 0 aliphatic carbocycles. The predicted octanol–water partition coefficient (Wildman–Crippen LogP) is 3.72. The topological polar surface area (TPSA) is 79.9 Å². The van der Waals surface area contributed by atoms with E-state index in [0.717, 1.165) is 38.0 Å². The molecule has 0 bridgehead atoms. The van der Waals surface area contributed by atoms with Gasteiger partial charge in [0.05, 0.1) is 5.56 Å². The first-order valence-corrected chi connectivity index (χ1v) is 10.8. The highest BCUT2D eigenvalue weighted by Crippen LogP contribution is 2.27. The number of amides is 2. The van der Waals surface area contributed by atoms with Gasteiger partial charge in [0.15, 0.2) is 6.61 Å². The molecule has 2 amide bonds. The van der Waals surface area contributed by atoms with Crippen LogP contribution < -0.4 is 20.3 Å². The lowest BCUT2D eigenvalue weighted by Gasteiger charge is -2.22. The SMILES string of the molecule is COCCCNC(=O)c1cc(NC(=O)COc2ccc(Cl)cc2)ccc1N1CCCC1. The molecule has 1 saturated heterocycles. The van der Waals surface area contributed by atoms with Crippen LogP contribution in [0.25, 0.3) is 0 Å². The third kappa shape index (κ3) is 6.87. The number of hydrogen-bond donors (Lipinski definition) is 2. The smallest absolute Gasteiger partial charge is 0.262 e. The minimum absolute atomic E-state index is 0.145. The summed E-state index contributed by atoms with van der Waals surface area (Å²) < 4.78 is 10.5. The highest BCUT2D eigenvalue weighted by atomic mass is 35.5. The summed E-state index contributed by atoms with van der Waals surface area (Å²) in [6.45, 7) is 2.81. The van der Waals surface area contributed by atoms with E-state index in [0.29, 0.717) is 35.2 Å². The van der Waals surface area contributed by atoms with Crippen molar-refractivity contribution >= 4 is 34.8 Å². The lowest BCUT2D eigenvalue weighted by molar-refractivity contribution is -0.118. The lowest BCUT2D eigenvalue weighted by Crippen LogP contribution is -2.29. The van der Waals surface area contributed by atoms with Crippen molar-refractivity contribution in [2.75, 3.05) is 50.2 Å². The molecule has 7 nitrogen and oxygen atoms in total. The van der Waals surface area contributed by atoms with Gasteiger partial charge in [0.25, 0.3) is 11.8 Å². The molecule has 166 valence electrons. The number of methoxy groups -OCH3 is 1. The molecule has 0 radical (unpaired) electrons. The molecule has 0 spiro atoms. The zero-order valence-corrected chi connectivity index (χ0v) is 18.4. The molecule has 2 aromatic rings. The van der Waals surface area contributed by atoms with E-state index >= 15 is 0 Å². The van der Waals surface area contributed by atoms with Gasteiger partial charge >= 0.3 is 0 Å². The number of rotatable bonds is 10. The first kappa shape index (κ1) is 22.9. The maximum atomic E-state index is 12.8. The second-order valence-electron chi connectivity index (χ2n) is 7.32. The number of carbonyl (C=O) groups excluding carboxylic acids is 2. The summed E-state index contributed by atoms with van der Waals surface area (Å²) in [5.74, 6) is 0.0851. The summed E-state index contributed by atoms with van der Waals surface area (Å²) in [7, 11) is 1.64. The van der Waals surface area contributed by atoms with E-state index in [2.05, 4.69) is 15.5 Å². The first-order chi connectivity index (χ1) is 15.1. The van der Waals surface area contributed by atoms with Gasteiger partial charge in [-0.15, -0.1) is 0 Å². The molecule has 0 saturated carbocycles. The maximum Gasteiger partial charge on any atom is 0.262 e. The van der Waals surface area contributed by atoms with Crippen LogP contribution in [0.5, 0.6) is 5.75 Å². The maximum absolute atomic E-state index is 12.8. The van der Waals surface area contributed by atoms with Crippen LogP contribution >= 0.6 is 11.6 Å². The van der Waals surface area contributed by atoms with Gasteiger partial charge in [0, 0.05) is 49.7 Å². The number of carbonyl (C=O) groups is 2. The molecule has 2 aromatic carbocycles. The average molecular weight is 446 g/mol. The zero-order valence-electron chi connectivity index (χ0n) is 17.7. The van der Waals surface area contributed by atoms with Crippen molar-refractivity contribution < 1.29 is 19.1 Å². The van der Waals surface area contributed by atoms with E-state index in [1.165, 1.54) is 0 Å². The second kappa shape index (κ2) is 11.6. The molecule has 0 unspecified atom stereocenters. The zero-order chi connectivity index (χ0) is 22.1. The van der Waals surface area contributed by atoms with Crippen molar-refractivity contribution in [2.24, 2.45) is 0 Å². The van der Waals surface area contributed by atoms with Crippen LogP contribution in [-0.2, 0) is 9.53 Å². The highest BCUT2D eigenvalue weighted by Gasteiger charge is 2.20. The van der Waals surface area contributed by atoms with E-state index in [1.54, 1.807) is 37.4 Å². The Morgan fingerprint density at radius 1 is 1.10 bits per heavy atom. The summed E-state index contributed by atoms with van der Waals surface area (Å²) in [6, 6.07) is 12.2. The minimum atomic E-state index is -0.310. The van der Waals surface area contributed by atoms with E-state index in [4.69, 9.17) is 21.1 Å². The number of halogens is 1. The Bertz CT molecular complexity index is 883. The van der Waals surface area contributed by atoms with E-state index in [9.17, 15) is 9.59 Å². The summed E-state index contributed by atoms with van der Waals surface area (Å²) in [4.78, 5) is 27.4. The third-order valence-electron chi connectivity index (χ3n) is 4.97. The number of nitrogens with one attached hydrogen (secondary N) is 2. The molecule has 8 heteroatoms. The monoisotopic (exact) mass is 445 g/mol. The predicted molar refractivity (Wildman–Crippen MR) is 122 cm³/mol. The van der Waals surface area contributed by atoms with Crippen molar-refractivity contribution in [3.8, 4) is 5.75 Å². The Balaban J connectivity index is 1.66. The van der Waals surface area contributed by atoms with Crippen LogP contribution in [0.3, 0.4) is 0 Å². The standard InChI is InChI=1S/C23H28ClN3O4/c1-30-14-4-11-25-23(29)20-15-18(7-10-21(20)27-12-2-3-13-27)26-22(28)16-31-19-8-5-17(24)6-9-19/h5-10,15H,2-4,11-14,16H2,1H3,(H,25,29)(H,26,28). The summed E-state index contributed by atoms with van der Waals surface area (Å²) in [5.41, 5.74) is 1.99. The number of hydrogen-bond acceptors (Lipinski definition) is 5. The van der Waals surface area contributed by atoms with Crippen molar-refractivity contribution in [3.63, 3.8) is 0 Å². The molecule has 1 aliphatic rings. The fourth-order valence-corrected chi connectivity index (χ4v) is 3.55. The average Bonchev–Trinajstić information content (AvgIpc) is 3.31. The van der Waals surface area contributed by atoms with E-state index < -0.39 is 0 Å². The van der Waals surface area contributed by atoms with Gasteiger partial charge in [0.2, 0.25) is 0 Å². The van der Waals surface area contributed by atoms with Gasteiger partial charge < -0.3 is 25.0 Å². The normalized spacial score (nSPS) is 13.2. The first-order valence-electron chi connectivity index (χ1n) is 10.4. The van der Waals surface area contributed by atoms with Crippen molar-refractivity contribution in [1.29, 1.82) is 0 Å². The third-order valence-corrected chi connectivity index (χ3v) is 5.22. The molecular weight excluding hydrogens is 418 g/mol.